The van der Waals surface area contributed by atoms with E-state index >= 15 is 0 Å². The minimum atomic E-state index is -0.989. The maximum atomic E-state index is 10.8. The number of hydrogen-bond donors (Lipinski definition) is 2. The van der Waals surface area contributed by atoms with E-state index in [2.05, 4.69) is 6.92 Å². The minimum Gasteiger partial charge on any atom is -0.393 e. The van der Waals surface area contributed by atoms with Gasteiger partial charge in [0.15, 0.2) is 0 Å². The molecule has 1 aliphatic heterocycles. The smallest absolute Gasteiger partial charge is 0.239 e. The summed E-state index contributed by atoms with van der Waals surface area (Å²) in [5, 5.41) is 20.7. The van der Waals surface area contributed by atoms with Crippen LogP contribution in [0.15, 0.2) is 0 Å². The van der Waals surface area contributed by atoms with Crippen molar-refractivity contribution in [1.29, 1.82) is 0 Å². The van der Waals surface area contributed by atoms with Crippen LogP contribution in [0.1, 0.15) is 65.2 Å². The zero-order chi connectivity index (χ0) is 16.3. The Bertz CT molecular complexity index is 456. The highest BCUT2D eigenvalue weighted by Gasteiger charge is 2.63. The van der Waals surface area contributed by atoms with Crippen molar-refractivity contribution in [1.82, 2.24) is 0 Å². The monoisotopic (exact) mass is 328 g/mol. The van der Waals surface area contributed by atoms with Crippen LogP contribution in [0.4, 0.5) is 0 Å². The van der Waals surface area contributed by atoms with E-state index in [1.165, 1.54) is 0 Å². The normalized spacial score (nSPS) is 56.9. The first kappa shape index (κ1) is 16.2. The van der Waals surface area contributed by atoms with Crippen molar-refractivity contribution in [2.24, 2.45) is 17.8 Å². The van der Waals surface area contributed by atoms with Gasteiger partial charge in [0, 0.05) is 24.7 Å². The third kappa shape index (κ3) is 2.64. The van der Waals surface area contributed by atoms with Gasteiger partial charge in [-0.25, -0.2) is 0 Å². The molecule has 0 radical (unpaired) electrons. The molecule has 4 rings (SSSR count). The Labute approximate surface area is 136 Å². The van der Waals surface area contributed by atoms with Crippen molar-refractivity contribution in [3.8, 4) is 0 Å². The Morgan fingerprint density at radius 3 is 2.39 bits per heavy atom. The third-order valence-electron chi connectivity index (χ3n) is 6.27. The van der Waals surface area contributed by atoms with Crippen LogP contribution in [0.3, 0.4) is 0 Å². The van der Waals surface area contributed by atoms with Crippen LogP contribution in [0.25, 0.3) is 0 Å². The predicted molar refractivity (Wildman–Crippen MR) is 79.5 cm³/mol. The Hall–Kier alpha value is -0.240. The summed E-state index contributed by atoms with van der Waals surface area (Å²) < 4.78 is 0. The fourth-order valence-electron chi connectivity index (χ4n) is 5.36. The van der Waals surface area contributed by atoms with Crippen molar-refractivity contribution in [2.75, 3.05) is 0 Å². The molecule has 4 aliphatic rings. The molecule has 4 fully saturated rings. The number of aliphatic hydroxyl groups excluding tert-OH is 1. The number of rotatable bonds is 0. The maximum Gasteiger partial charge on any atom is 0.239 e. The van der Waals surface area contributed by atoms with Crippen LogP contribution in [0.5, 0.6) is 0 Å². The molecule has 2 spiro atoms. The van der Waals surface area contributed by atoms with Crippen molar-refractivity contribution in [3.05, 3.63) is 0 Å². The lowest BCUT2D eigenvalue weighted by atomic mass is 9.60. The summed E-state index contributed by atoms with van der Waals surface area (Å²) in [6, 6.07) is 0. The van der Waals surface area contributed by atoms with Gasteiger partial charge in [-0.2, -0.15) is 19.6 Å². The zero-order valence-corrected chi connectivity index (χ0v) is 14.0. The first-order valence-electron chi connectivity index (χ1n) is 8.99. The zero-order valence-electron chi connectivity index (χ0n) is 14.0. The van der Waals surface area contributed by atoms with Gasteiger partial charge in [0.1, 0.15) is 0 Å². The fraction of sp³-hybridized carbons (Fsp3) is 1.00. The van der Waals surface area contributed by atoms with E-state index in [-0.39, 0.29) is 11.8 Å². The molecule has 2 N–H and O–H groups in total. The minimum absolute atomic E-state index is 0.0235. The summed E-state index contributed by atoms with van der Waals surface area (Å²) in [4.78, 5) is 23.2. The Morgan fingerprint density at radius 2 is 1.70 bits per heavy atom. The average molecular weight is 328 g/mol. The van der Waals surface area contributed by atoms with Crippen LogP contribution < -0.4 is 0 Å². The topological polar surface area (TPSA) is 77.4 Å². The maximum absolute atomic E-state index is 10.8. The third-order valence-corrected chi connectivity index (χ3v) is 6.27. The molecule has 1 heterocycles. The predicted octanol–water partition coefficient (Wildman–Crippen LogP) is 2.43. The van der Waals surface area contributed by atoms with Crippen molar-refractivity contribution in [2.45, 2.75) is 88.5 Å². The van der Waals surface area contributed by atoms with E-state index in [1.807, 2.05) is 6.92 Å². The summed E-state index contributed by atoms with van der Waals surface area (Å²) in [6.07, 6.45) is 5.17. The van der Waals surface area contributed by atoms with Crippen LogP contribution >= 0.6 is 0 Å². The molecule has 23 heavy (non-hydrogen) atoms. The quantitative estimate of drug-likeness (QED) is 0.665. The lowest BCUT2D eigenvalue weighted by molar-refractivity contribution is -0.678. The van der Waals surface area contributed by atoms with Gasteiger partial charge < -0.3 is 10.2 Å². The summed E-state index contributed by atoms with van der Waals surface area (Å²) in [5.41, 5.74) is -0.629. The molecule has 0 aromatic rings. The molecule has 3 aliphatic carbocycles. The summed E-state index contributed by atoms with van der Waals surface area (Å²) in [6.45, 7) is 4.18. The number of hydrogen-bond acceptors (Lipinski definition) is 6. The molecular formula is C17H28O6. The molecule has 1 saturated heterocycles. The van der Waals surface area contributed by atoms with E-state index in [9.17, 15) is 10.2 Å². The SMILES string of the molecule is CC1CC2CC(O)(C1)CC(C)C21OOC2(CCCC(O)C2)OO1. The molecule has 5 unspecified atom stereocenters. The summed E-state index contributed by atoms with van der Waals surface area (Å²) in [7, 11) is 0. The van der Waals surface area contributed by atoms with Gasteiger partial charge in [0.2, 0.25) is 11.6 Å². The standard InChI is InChI=1S/C17H28O6/c1-11-6-13-9-15(19,7-11)8-12(2)17(13)22-20-16(21-23-17)5-3-4-14(18)10-16/h11-14,18-19H,3-10H2,1-2H3. The van der Waals surface area contributed by atoms with Crippen molar-refractivity contribution >= 4 is 0 Å². The Balaban J connectivity index is 1.53. The molecule has 3 saturated carbocycles. The first-order valence-corrected chi connectivity index (χ1v) is 8.99. The molecule has 2 bridgehead atoms. The van der Waals surface area contributed by atoms with Gasteiger partial charge in [-0.15, -0.1) is 0 Å². The largest absolute Gasteiger partial charge is 0.393 e. The van der Waals surface area contributed by atoms with Gasteiger partial charge in [-0.3, -0.25) is 0 Å². The van der Waals surface area contributed by atoms with Crippen LogP contribution in [-0.2, 0) is 19.6 Å². The summed E-state index contributed by atoms with van der Waals surface area (Å²) in [5.74, 6) is -1.50. The fourth-order valence-corrected chi connectivity index (χ4v) is 5.36. The number of aliphatic hydroxyl groups is 2. The Kier molecular flexibility index (Phi) is 3.80. The molecule has 0 aromatic heterocycles. The molecule has 0 aromatic carbocycles. The average Bonchev–Trinajstić information content (AvgIpc) is 2.45. The molecular weight excluding hydrogens is 300 g/mol. The second kappa shape index (κ2) is 5.38. The number of fused-ring (bicyclic) bond motifs is 3. The van der Waals surface area contributed by atoms with Gasteiger partial charge in [0.25, 0.3) is 0 Å². The van der Waals surface area contributed by atoms with Crippen molar-refractivity contribution < 1.29 is 29.8 Å². The molecule has 0 amide bonds. The molecule has 6 heteroatoms. The lowest BCUT2D eigenvalue weighted by Gasteiger charge is -2.57. The summed E-state index contributed by atoms with van der Waals surface area (Å²) >= 11 is 0. The highest BCUT2D eigenvalue weighted by molar-refractivity contribution is 5.03. The second-order valence-electron chi connectivity index (χ2n) is 8.49. The second-order valence-corrected chi connectivity index (χ2v) is 8.49. The van der Waals surface area contributed by atoms with Crippen LogP contribution in [0.2, 0.25) is 0 Å². The van der Waals surface area contributed by atoms with Gasteiger partial charge >= 0.3 is 0 Å². The molecule has 5 atom stereocenters. The van der Waals surface area contributed by atoms with E-state index in [1.54, 1.807) is 0 Å². The van der Waals surface area contributed by atoms with E-state index in [4.69, 9.17) is 19.6 Å². The first-order chi connectivity index (χ1) is 10.8. The van der Waals surface area contributed by atoms with E-state index in [0.29, 0.717) is 31.6 Å². The van der Waals surface area contributed by atoms with Crippen molar-refractivity contribution in [3.63, 3.8) is 0 Å². The van der Waals surface area contributed by atoms with E-state index in [0.717, 1.165) is 25.7 Å². The highest BCUT2D eigenvalue weighted by atomic mass is 17.4. The van der Waals surface area contributed by atoms with E-state index < -0.39 is 23.3 Å². The highest BCUT2D eigenvalue weighted by Crippen LogP contribution is 2.56. The Morgan fingerprint density at radius 1 is 0.957 bits per heavy atom. The van der Waals surface area contributed by atoms with Gasteiger partial charge in [0.05, 0.1) is 11.7 Å². The van der Waals surface area contributed by atoms with Crippen LogP contribution in [0, 0.1) is 17.8 Å². The molecule has 6 nitrogen and oxygen atoms in total. The lowest BCUT2D eigenvalue weighted by Crippen LogP contribution is -2.64. The van der Waals surface area contributed by atoms with Gasteiger partial charge in [-0.1, -0.05) is 13.8 Å². The molecule has 132 valence electrons. The van der Waals surface area contributed by atoms with Crippen LogP contribution in [-0.4, -0.2) is 33.5 Å². The van der Waals surface area contributed by atoms with Gasteiger partial charge in [-0.05, 0) is 44.4 Å².